The van der Waals surface area contributed by atoms with E-state index in [9.17, 15) is 5.11 Å². The lowest BCUT2D eigenvalue weighted by atomic mass is 10.1. The molecule has 2 heteroatoms. The molecule has 0 saturated heterocycles. The summed E-state index contributed by atoms with van der Waals surface area (Å²) in [5.74, 6) is 0.125. The third kappa shape index (κ3) is 4.60. The zero-order chi connectivity index (χ0) is 11.8. The fraction of sp³-hybridized carbons (Fsp3) is 0.429. The molecule has 0 fully saturated rings. The van der Waals surface area contributed by atoms with Gasteiger partial charge in [0.1, 0.15) is 0 Å². The van der Waals surface area contributed by atoms with Crippen LogP contribution in [-0.2, 0) is 11.3 Å². The summed E-state index contributed by atoms with van der Waals surface area (Å²) < 4.78 is 5.56. The predicted molar refractivity (Wildman–Crippen MR) is 66.1 cm³/mol. The Bertz CT molecular complexity index is 306. The van der Waals surface area contributed by atoms with E-state index in [0.717, 1.165) is 5.56 Å². The van der Waals surface area contributed by atoms with Crippen molar-refractivity contribution in [3.05, 3.63) is 48.0 Å². The summed E-state index contributed by atoms with van der Waals surface area (Å²) in [6.07, 6.45) is 3.23. The van der Waals surface area contributed by atoms with E-state index in [1.807, 2.05) is 50.3 Å². The largest absolute Gasteiger partial charge is 0.389 e. The molecule has 0 unspecified atom stereocenters. The van der Waals surface area contributed by atoms with Crippen molar-refractivity contribution in [1.29, 1.82) is 0 Å². The van der Waals surface area contributed by atoms with Gasteiger partial charge in [-0.25, -0.2) is 0 Å². The first-order valence-corrected chi connectivity index (χ1v) is 5.66. The molecule has 0 aliphatic carbocycles. The van der Waals surface area contributed by atoms with Gasteiger partial charge >= 0.3 is 0 Å². The SMILES string of the molecule is C/C=C\[C@@H](O)[C@@H](C)COCc1ccccc1. The molecule has 88 valence electrons. The van der Waals surface area contributed by atoms with Crippen LogP contribution in [0.4, 0.5) is 0 Å². The first kappa shape index (κ1) is 12.9. The molecule has 0 amide bonds. The van der Waals surface area contributed by atoms with Gasteiger partial charge in [-0.05, 0) is 12.5 Å². The van der Waals surface area contributed by atoms with Crippen molar-refractivity contribution >= 4 is 0 Å². The lowest BCUT2D eigenvalue weighted by Crippen LogP contribution is -2.20. The minimum absolute atomic E-state index is 0.125. The minimum atomic E-state index is -0.416. The minimum Gasteiger partial charge on any atom is -0.389 e. The second-order valence-electron chi connectivity index (χ2n) is 3.99. The molecule has 0 spiro atoms. The first-order chi connectivity index (χ1) is 7.74. The highest BCUT2D eigenvalue weighted by atomic mass is 16.5. The van der Waals surface area contributed by atoms with Crippen molar-refractivity contribution in [2.24, 2.45) is 5.92 Å². The van der Waals surface area contributed by atoms with Crippen molar-refractivity contribution in [3.8, 4) is 0 Å². The molecule has 16 heavy (non-hydrogen) atoms. The number of benzene rings is 1. The van der Waals surface area contributed by atoms with Crippen molar-refractivity contribution in [2.45, 2.75) is 26.6 Å². The normalized spacial score (nSPS) is 15.2. The molecular weight excluding hydrogens is 200 g/mol. The number of aliphatic hydroxyl groups is 1. The third-order valence-corrected chi connectivity index (χ3v) is 2.46. The smallest absolute Gasteiger partial charge is 0.0768 e. The second kappa shape index (κ2) is 7.20. The summed E-state index contributed by atoms with van der Waals surface area (Å²) in [7, 11) is 0. The summed E-state index contributed by atoms with van der Waals surface area (Å²) in [6, 6.07) is 10.1. The standard InChI is InChI=1S/C14H20O2/c1-3-7-14(15)12(2)10-16-11-13-8-5-4-6-9-13/h3-9,12,14-15H,10-11H2,1-2H3/b7-3-/t12-,14+/m0/s1. The maximum atomic E-state index is 9.65. The van der Waals surface area contributed by atoms with E-state index in [1.165, 1.54) is 0 Å². The summed E-state index contributed by atoms with van der Waals surface area (Å²) in [4.78, 5) is 0. The van der Waals surface area contributed by atoms with E-state index in [-0.39, 0.29) is 5.92 Å². The second-order valence-corrected chi connectivity index (χ2v) is 3.99. The molecule has 0 heterocycles. The van der Waals surface area contributed by atoms with Crippen LogP contribution < -0.4 is 0 Å². The molecule has 1 aromatic carbocycles. The molecule has 0 radical (unpaired) electrons. The summed E-state index contributed by atoms with van der Waals surface area (Å²) in [5, 5.41) is 9.65. The Labute approximate surface area is 97.6 Å². The highest BCUT2D eigenvalue weighted by Gasteiger charge is 2.10. The Hall–Kier alpha value is -1.12. The zero-order valence-corrected chi connectivity index (χ0v) is 9.97. The Morgan fingerprint density at radius 3 is 2.62 bits per heavy atom. The number of aliphatic hydroxyl groups excluding tert-OH is 1. The van der Waals surface area contributed by atoms with Gasteiger partial charge in [0, 0.05) is 5.92 Å². The summed E-state index contributed by atoms with van der Waals surface area (Å²) in [6.45, 7) is 5.06. The van der Waals surface area contributed by atoms with E-state index in [0.29, 0.717) is 13.2 Å². The van der Waals surface area contributed by atoms with Gasteiger partial charge in [0.2, 0.25) is 0 Å². The molecule has 1 aromatic rings. The maximum Gasteiger partial charge on any atom is 0.0768 e. The van der Waals surface area contributed by atoms with Crippen LogP contribution in [0.3, 0.4) is 0 Å². The maximum absolute atomic E-state index is 9.65. The molecule has 1 N–H and O–H groups in total. The average molecular weight is 220 g/mol. The first-order valence-electron chi connectivity index (χ1n) is 5.66. The molecule has 0 saturated carbocycles. The van der Waals surface area contributed by atoms with Crippen molar-refractivity contribution in [2.75, 3.05) is 6.61 Å². The van der Waals surface area contributed by atoms with Gasteiger partial charge in [0.05, 0.1) is 19.3 Å². The van der Waals surface area contributed by atoms with Gasteiger partial charge in [-0.3, -0.25) is 0 Å². The molecule has 0 bridgehead atoms. The number of hydrogen-bond donors (Lipinski definition) is 1. The quantitative estimate of drug-likeness (QED) is 0.747. The topological polar surface area (TPSA) is 29.5 Å². The van der Waals surface area contributed by atoms with Crippen LogP contribution >= 0.6 is 0 Å². The molecule has 2 atom stereocenters. The molecule has 0 aromatic heterocycles. The Morgan fingerprint density at radius 1 is 1.31 bits per heavy atom. The van der Waals surface area contributed by atoms with Crippen LogP contribution in [0.25, 0.3) is 0 Å². The van der Waals surface area contributed by atoms with Crippen LogP contribution in [0.2, 0.25) is 0 Å². The van der Waals surface area contributed by atoms with Crippen molar-refractivity contribution in [1.82, 2.24) is 0 Å². The Balaban J connectivity index is 2.25. The van der Waals surface area contributed by atoms with Gasteiger partial charge in [0.15, 0.2) is 0 Å². The van der Waals surface area contributed by atoms with E-state index in [2.05, 4.69) is 0 Å². The Kier molecular flexibility index (Phi) is 5.83. The third-order valence-electron chi connectivity index (χ3n) is 2.46. The van der Waals surface area contributed by atoms with Gasteiger partial charge in [-0.15, -0.1) is 0 Å². The van der Waals surface area contributed by atoms with Crippen LogP contribution in [0.15, 0.2) is 42.5 Å². The van der Waals surface area contributed by atoms with E-state index in [1.54, 1.807) is 6.08 Å². The Morgan fingerprint density at radius 2 is 2.00 bits per heavy atom. The monoisotopic (exact) mass is 220 g/mol. The van der Waals surface area contributed by atoms with E-state index >= 15 is 0 Å². The number of rotatable bonds is 6. The van der Waals surface area contributed by atoms with Gasteiger partial charge < -0.3 is 9.84 Å². The summed E-state index contributed by atoms with van der Waals surface area (Å²) >= 11 is 0. The van der Waals surface area contributed by atoms with Gasteiger partial charge in [-0.2, -0.15) is 0 Å². The summed E-state index contributed by atoms with van der Waals surface area (Å²) in [5.41, 5.74) is 1.16. The molecule has 0 aliphatic heterocycles. The highest BCUT2D eigenvalue weighted by Crippen LogP contribution is 2.07. The van der Waals surface area contributed by atoms with E-state index < -0.39 is 6.10 Å². The van der Waals surface area contributed by atoms with Crippen LogP contribution in [0.5, 0.6) is 0 Å². The lowest BCUT2D eigenvalue weighted by Gasteiger charge is -2.15. The fourth-order valence-corrected chi connectivity index (χ4v) is 1.42. The van der Waals surface area contributed by atoms with Crippen molar-refractivity contribution in [3.63, 3.8) is 0 Å². The highest BCUT2D eigenvalue weighted by molar-refractivity contribution is 5.13. The van der Waals surface area contributed by atoms with E-state index in [4.69, 9.17) is 4.74 Å². The number of allylic oxidation sites excluding steroid dienone is 1. The lowest BCUT2D eigenvalue weighted by molar-refractivity contribution is 0.0472. The molecular formula is C14H20O2. The van der Waals surface area contributed by atoms with Crippen LogP contribution in [0.1, 0.15) is 19.4 Å². The molecule has 2 nitrogen and oxygen atoms in total. The predicted octanol–water partition coefficient (Wildman–Crippen LogP) is 2.78. The average Bonchev–Trinajstić information content (AvgIpc) is 2.30. The number of ether oxygens (including phenoxy) is 1. The molecule has 0 aliphatic rings. The number of hydrogen-bond acceptors (Lipinski definition) is 2. The van der Waals surface area contributed by atoms with Crippen LogP contribution in [0, 0.1) is 5.92 Å². The van der Waals surface area contributed by atoms with Gasteiger partial charge in [0.25, 0.3) is 0 Å². The van der Waals surface area contributed by atoms with Crippen LogP contribution in [-0.4, -0.2) is 17.8 Å². The van der Waals surface area contributed by atoms with Gasteiger partial charge in [-0.1, -0.05) is 49.4 Å². The molecule has 1 rings (SSSR count). The fourth-order valence-electron chi connectivity index (χ4n) is 1.42. The zero-order valence-electron chi connectivity index (χ0n) is 9.97. The van der Waals surface area contributed by atoms with Crippen molar-refractivity contribution < 1.29 is 9.84 Å².